The molecule has 0 aromatic rings. The normalized spacial score (nSPS) is 13.3. The second kappa shape index (κ2) is 40.3. The summed E-state index contributed by atoms with van der Waals surface area (Å²) >= 11 is 0. The average Bonchev–Trinajstić information content (AvgIpc) is 3.20. The molecule has 8 nitrogen and oxygen atoms in total. The number of hydrogen-bond donors (Lipinski definition) is 1. The van der Waals surface area contributed by atoms with Crippen LogP contribution in [0.1, 0.15) is 254 Å². The minimum Gasteiger partial charge on any atom is -0.465 e. The maximum Gasteiger partial charge on any atom is 0.407 e. The van der Waals surface area contributed by atoms with Crippen molar-refractivity contribution < 1.29 is 28.6 Å². The quantitative estimate of drug-likeness (QED) is 0.0372. The van der Waals surface area contributed by atoms with E-state index in [9.17, 15) is 14.4 Å². The van der Waals surface area contributed by atoms with E-state index in [0.717, 1.165) is 129 Å². The highest BCUT2D eigenvalue weighted by Crippen LogP contribution is 2.24. The van der Waals surface area contributed by atoms with Crippen molar-refractivity contribution in [3.8, 4) is 0 Å². The second-order valence-electron chi connectivity index (χ2n) is 18.7. The highest BCUT2D eigenvalue weighted by Gasteiger charge is 2.24. The van der Waals surface area contributed by atoms with Gasteiger partial charge in [0.05, 0.1) is 25.0 Å². The molecular formula is C51H100N2O6. The van der Waals surface area contributed by atoms with Gasteiger partial charge < -0.3 is 19.5 Å². The summed E-state index contributed by atoms with van der Waals surface area (Å²) in [5, 5.41) is 3.00. The van der Waals surface area contributed by atoms with Crippen LogP contribution in [0.3, 0.4) is 0 Å². The number of rotatable bonds is 42. The Morgan fingerprint density at radius 3 is 1.34 bits per heavy atom. The summed E-state index contributed by atoms with van der Waals surface area (Å²) in [5.41, 5.74) is -0.533. The van der Waals surface area contributed by atoms with Crippen molar-refractivity contribution in [2.75, 3.05) is 32.8 Å². The van der Waals surface area contributed by atoms with Gasteiger partial charge in [-0.3, -0.25) is 14.5 Å². The third-order valence-electron chi connectivity index (χ3n) is 11.8. The molecule has 8 heteroatoms. The molecule has 0 saturated carbocycles. The fourth-order valence-electron chi connectivity index (χ4n) is 8.09. The van der Waals surface area contributed by atoms with Crippen molar-refractivity contribution in [2.24, 2.45) is 11.8 Å². The van der Waals surface area contributed by atoms with Crippen LogP contribution in [0.25, 0.3) is 0 Å². The van der Waals surface area contributed by atoms with Crippen molar-refractivity contribution in [1.82, 2.24) is 10.2 Å². The van der Waals surface area contributed by atoms with E-state index in [0.29, 0.717) is 25.8 Å². The highest BCUT2D eigenvalue weighted by molar-refractivity contribution is 5.72. The molecule has 0 spiro atoms. The summed E-state index contributed by atoms with van der Waals surface area (Å²) in [6, 6.07) is 0.392. The lowest BCUT2D eigenvalue weighted by Crippen LogP contribution is -2.43. The van der Waals surface area contributed by atoms with Gasteiger partial charge in [0.1, 0.15) is 5.60 Å². The molecule has 350 valence electrons. The van der Waals surface area contributed by atoms with E-state index in [1.165, 1.54) is 83.5 Å². The molecular weight excluding hydrogens is 737 g/mol. The van der Waals surface area contributed by atoms with E-state index in [2.05, 4.69) is 44.8 Å². The maximum atomic E-state index is 13.3. The fraction of sp³-hybridized carbons (Fsp3) is 0.941. The average molecular weight is 837 g/mol. The third kappa shape index (κ3) is 35.5. The Morgan fingerprint density at radius 1 is 0.458 bits per heavy atom. The Bertz CT molecular complexity index is 968. The largest absolute Gasteiger partial charge is 0.465 e. The minimum atomic E-state index is -0.533. The zero-order valence-electron chi connectivity index (χ0n) is 40.6. The lowest BCUT2D eigenvalue weighted by atomic mass is 9.92. The van der Waals surface area contributed by atoms with Gasteiger partial charge in [-0.05, 0) is 85.1 Å². The Balaban J connectivity index is 5.36. The summed E-state index contributed by atoms with van der Waals surface area (Å²) in [7, 11) is 0. The van der Waals surface area contributed by atoms with E-state index < -0.39 is 5.60 Å². The zero-order chi connectivity index (χ0) is 43.8. The van der Waals surface area contributed by atoms with E-state index in [1.54, 1.807) is 0 Å². The van der Waals surface area contributed by atoms with Gasteiger partial charge in [0.15, 0.2) is 0 Å². The standard InChI is InChI=1S/C51H100N2O6/c1-9-14-19-23-24-29-36-45(34-27-20-15-10-2)48(54)58-44-32-26-25-30-41-53(42-40-52-50(56)59-51(6,7)8)47(38-18-13-5)39-33-37-46(35-28-21-16-11-3)49(55)57-43-31-22-17-12-4/h45-47H,9-44H2,1-8H3,(H,52,56). The summed E-state index contributed by atoms with van der Waals surface area (Å²) in [4.78, 5) is 41.6. The summed E-state index contributed by atoms with van der Waals surface area (Å²) in [5.74, 6) is 0.0695. The lowest BCUT2D eigenvalue weighted by molar-refractivity contribution is -0.150. The molecule has 0 saturated heterocycles. The van der Waals surface area contributed by atoms with Gasteiger partial charge in [-0.1, -0.05) is 176 Å². The molecule has 0 fully saturated rings. The molecule has 1 amide bonds. The first-order valence-corrected chi connectivity index (χ1v) is 25.6. The van der Waals surface area contributed by atoms with Gasteiger partial charge >= 0.3 is 18.0 Å². The van der Waals surface area contributed by atoms with Crippen molar-refractivity contribution in [2.45, 2.75) is 266 Å². The monoisotopic (exact) mass is 837 g/mol. The second-order valence-corrected chi connectivity index (χ2v) is 18.7. The highest BCUT2D eigenvalue weighted by atomic mass is 16.6. The van der Waals surface area contributed by atoms with Gasteiger partial charge in [-0.15, -0.1) is 0 Å². The van der Waals surface area contributed by atoms with Crippen LogP contribution in [-0.4, -0.2) is 67.4 Å². The predicted molar refractivity (Wildman–Crippen MR) is 250 cm³/mol. The van der Waals surface area contributed by atoms with Crippen molar-refractivity contribution >= 4 is 18.0 Å². The number of alkyl carbamates (subject to hydrolysis) is 1. The zero-order valence-corrected chi connectivity index (χ0v) is 40.6. The summed E-state index contributed by atoms with van der Waals surface area (Å²) in [6.45, 7) is 20.2. The van der Waals surface area contributed by atoms with Crippen molar-refractivity contribution in [3.63, 3.8) is 0 Å². The molecule has 0 aliphatic rings. The number of ether oxygens (including phenoxy) is 3. The Morgan fingerprint density at radius 2 is 0.847 bits per heavy atom. The first kappa shape index (κ1) is 57.2. The number of nitrogens with zero attached hydrogens (tertiary/aromatic N) is 1. The first-order valence-electron chi connectivity index (χ1n) is 25.6. The number of esters is 2. The van der Waals surface area contributed by atoms with Gasteiger partial charge in [0.25, 0.3) is 0 Å². The Kier molecular flexibility index (Phi) is 39.0. The number of carbonyl (C=O) groups excluding carboxylic acids is 3. The van der Waals surface area contributed by atoms with Crippen LogP contribution in [0.15, 0.2) is 0 Å². The number of nitrogens with one attached hydrogen (secondary N) is 1. The van der Waals surface area contributed by atoms with Gasteiger partial charge in [-0.2, -0.15) is 0 Å². The van der Waals surface area contributed by atoms with Gasteiger partial charge in [0.2, 0.25) is 0 Å². The molecule has 0 bridgehead atoms. The number of carbonyl (C=O) groups is 3. The molecule has 0 radical (unpaired) electrons. The molecule has 0 aromatic carbocycles. The fourth-order valence-corrected chi connectivity index (χ4v) is 8.09. The molecule has 0 rings (SSSR count). The molecule has 0 heterocycles. The molecule has 0 aliphatic heterocycles. The van der Waals surface area contributed by atoms with E-state index in [1.807, 2.05) is 20.8 Å². The molecule has 1 N–H and O–H groups in total. The van der Waals surface area contributed by atoms with Crippen LogP contribution in [0.4, 0.5) is 4.79 Å². The summed E-state index contributed by atoms with van der Waals surface area (Å²) < 4.78 is 17.3. The van der Waals surface area contributed by atoms with Crippen molar-refractivity contribution in [1.29, 1.82) is 0 Å². The third-order valence-corrected chi connectivity index (χ3v) is 11.8. The smallest absolute Gasteiger partial charge is 0.407 e. The number of unbranched alkanes of at least 4 members (excludes halogenated alkanes) is 18. The number of amides is 1. The summed E-state index contributed by atoms with van der Waals surface area (Å²) in [6.07, 6.45) is 34.3. The Labute approximate surface area is 366 Å². The maximum absolute atomic E-state index is 13.3. The number of hydrogen-bond acceptors (Lipinski definition) is 7. The van der Waals surface area contributed by atoms with Gasteiger partial charge in [-0.25, -0.2) is 4.79 Å². The molecule has 3 unspecified atom stereocenters. The Hall–Kier alpha value is -1.83. The molecule has 0 aliphatic carbocycles. The first-order chi connectivity index (χ1) is 28.5. The van der Waals surface area contributed by atoms with Gasteiger partial charge in [0, 0.05) is 19.1 Å². The van der Waals surface area contributed by atoms with Crippen molar-refractivity contribution in [3.05, 3.63) is 0 Å². The minimum absolute atomic E-state index is 0.00695. The van der Waals surface area contributed by atoms with Crippen LogP contribution >= 0.6 is 0 Å². The van der Waals surface area contributed by atoms with Crippen LogP contribution in [0.2, 0.25) is 0 Å². The van der Waals surface area contributed by atoms with Crippen LogP contribution in [-0.2, 0) is 23.8 Å². The van der Waals surface area contributed by atoms with E-state index in [4.69, 9.17) is 14.2 Å². The van der Waals surface area contributed by atoms with Crippen LogP contribution in [0.5, 0.6) is 0 Å². The SMILES string of the molecule is CCCCCCCCC(CCCCCC)C(=O)OCCCCCCN(CCNC(=O)OC(C)(C)C)C(CCCC)CCCC(CCCCCC)C(=O)OCCCCCC. The molecule has 3 atom stereocenters. The molecule has 0 aromatic heterocycles. The topological polar surface area (TPSA) is 94.2 Å². The van der Waals surface area contributed by atoms with E-state index >= 15 is 0 Å². The lowest BCUT2D eigenvalue weighted by Gasteiger charge is -2.33. The van der Waals surface area contributed by atoms with Crippen LogP contribution < -0.4 is 5.32 Å². The van der Waals surface area contributed by atoms with Crippen LogP contribution in [0, 0.1) is 11.8 Å². The predicted octanol–water partition coefficient (Wildman–Crippen LogP) is 14.7. The van der Waals surface area contributed by atoms with E-state index in [-0.39, 0.29) is 29.9 Å². The molecule has 59 heavy (non-hydrogen) atoms.